The van der Waals surface area contributed by atoms with Gasteiger partial charge in [0.1, 0.15) is 0 Å². The summed E-state index contributed by atoms with van der Waals surface area (Å²) in [4.78, 5) is 6.40. The fourth-order valence-corrected chi connectivity index (χ4v) is 0.865. The average molecular weight is 157 g/mol. The minimum atomic E-state index is 0.0809. The largest absolute Gasteiger partial charge is 0.323 e. The van der Waals surface area contributed by atoms with Crippen LogP contribution in [-0.2, 0) is 0 Å². The molecule has 66 valence electrons. The summed E-state index contributed by atoms with van der Waals surface area (Å²) in [5.74, 6) is 0. The monoisotopic (exact) mass is 157 g/mol. The number of aliphatic imine (C=N–C) groups is 1. The van der Waals surface area contributed by atoms with Crippen LogP contribution in [-0.4, -0.2) is 43.8 Å². The van der Waals surface area contributed by atoms with E-state index in [-0.39, 0.29) is 6.04 Å². The number of nitrogens with zero attached hydrogens (tertiary/aromatic N) is 2. The van der Waals surface area contributed by atoms with E-state index in [9.17, 15) is 0 Å². The molecule has 0 aliphatic rings. The molecular weight excluding hydrogens is 138 g/mol. The fraction of sp³-hybridized carbons (Fsp3) is 0.875. The van der Waals surface area contributed by atoms with Crippen molar-refractivity contribution in [3.05, 3.63) is 0 Å². The molecule has 1 atom stereocenters. The number of nitrogens with two attached hydrogens (primary N) is 1. The van der Waals surface area contributed by atoms with Crippen molar-refractivity contribution in [3.8, 4) is 0 Å². The van der Waals surface area contributed by atoms with E-state index in [0.29, 0.717) is 0 Å². The summed E-state index contributed by atoms with van der Waals surface area (Å²) in [7, 11) is 4.04. The molecule has 0 rings (SSSR count). The Labute approximate surface area is 69.3 Å². The highest BCUT2D eigenvalue weighted by Crippen LogP contribution is 1.88. The summed E-state index contributed by atoms with van der Waals surface area (Å²) >= 11 is 0. The van der Waals surface area contributed by atoms with Gasteiger partial charge in [-0.05, 0) is 27.9 Å². The van der Waals surface area contributed by atoms with Crippen LogP contribution >= 0.6 is 0 Å². The normalized spacial score (nSPS) is 15.6. The lowest BCUT2D eigenvalue weighted by Crippen LogP contribution is -2.35. The molecule has 0 spiro atoms. The van der Waals surface area contributed by atoms with Crippen LogP contribution in [0.3, 0.4) is 0 Å². The third-order valence-electron chi connectivity index (χ3n) is 1.37. The molecule has 2 N–H and O–H groups in total. The summed E-state index contributed by atoms with van der Waals surface area (Å²) in [6, 6.07) is 0.0809. The van der Waals surface area contributed by atoms with Gasteiger partial charge in [0, 0.05) is 24.8 Å². The van der Waals surface area contributed by atoms with Gasteiger partial charge in [-0.15, -0.1) is 0 Å². The lowest BCUT2D eigenvalue weighted by atomic mass is 10.2. The first-order valence-corrected chi connectivity index (χ1v) is 4.01. The smallest absolute Gasteiger partial charge is 0.0427 e. The Bertz CT molecular complexity index is 127. The van der Waals surface area contributed by atoms with Gasteiger partial charge in [-0.3, -0.25) is 4.99 Å². The first kappa shape index (κ1) is 10.6. The van der Waals surface area contributed by atoms with E-state index in [2.05, 4.69) is 9.89 Å². The van der Waals surface area contributed by atoms with Gasteiger partial charge in [0.15, 0.2) is 0 Å². The SMILES string of the molecule is CCN=C(CN(C)C)C(C)N. The molecule has 0 saturated carbocycles. The van der Waals surface area contributed by atoms with Crippen molar-refractivity contribution in [2.75, 3.05) is 27.2 Å². The van der Waals surface area contributed by atoms with Gasteiger partial charge in [0.2, 0.25) is 0 Å². The standard InChI is InChI=1S/C8H19N3/c1-5-10-8(7(2)9)6-11(3)4/h7H,5-6,9H2,1-4H3. The van der Waals surface area contributed by atoms with Crippen molar-refractivity contribution >= 4 is 5.71 Å². The second-order valence-electron chi connectivity index (χ2n) is 2.99. The van der Waals surface area contributed by atoms with Gasteiger partial charge in [0.25, 0.3) is 0 Å². The minimum absolute atomic E-state index is 0.0809. The van der Waals surface area contributed by atoms with Gasteiger partial charge >= 0.3 is 0 Å². The molecule has 0 aromatic carbocycles. The Balaban J connectivity index is 4.01. The molecule has 0 fully saturated rings. The third kappa shape index (κ3) is 4.93. The van der Waals surface area contributed by atoms with Crippen molar-refractivity contribution < 1.29 is 0 Å². The van der Waals surface area contributed by atoms with Crippen LogP contribution in [0, 0.1) is 0 Å². The summed E-state index contributed by atoms with van der Waals surface area (Å²) < 4.78 is 0. The van der Waals surface area contributed by atoms with Gasteiger partial charge in [-0.25, -0.2) is 0 Å². The highest BCUT2D eigenvalue weighted by Gasteiger charge is 2.05. The molecular formula is C8H19N3. The lowest BCUT2D eigenvalue weighted by Gasteiger charge is -2.14. The lowest BCUT2D eigenvalue weighted by molar-refractivity contribution is 0.464. The van der Waals surface area contributed by atoms with Crippen LogP contribution in [0.4, 0.5) is 0 Å². The predicted octanol–water partition coefficient (Wildman–Crippen LogP) is 0.356. The van der Waals surface area contributed by atoms with Crippen LogP contribution in [0.2, 0.25) is 0 Å². The third-order valence-corrected chi connectivity index (χ3v) is 1.37. The van der Waals surface area contributed by atoms with Crippen molar-refractivity contribution in [3.63, 3.8) is 0 Å². The Kier molecular flexibility index (Phi) is 5.07. The molecule has 11 heavy (non-hydrogen) atoms. The van der Waals surface area contributed by atoms with Crippen molar-refractivity contribution in [2.24, 2.45) is 10.7 Å². The zero-order chi connectivity index (χ0) is 8.85. The fourth-order valence-electron chi connectivity index (χ4n) is 0.865. The van der Waals surface area contributed by atoms with Gasteiger partial charge in [-0.1, -0.05) is 0 Å². The summed E-state index contributed by atoms with van der Waals surface area (Å²) in [5.41, 5.74) is 6.79. The minimum Gasteiger partial charge on any atom is -0.323 e. The zero-order valence-electron chi connectivity index (χ0n) is 7.96. The maximum absolute atomic E-state index is 5.71. The van der Waals surface area contributed by atoms with E-state index < -0.39 is 0 Å². The molecule has 3 heteroatoms. The van der Waals surface area contributed by atoms with Gasteiger partial charge in [-0.2, -0.15) is 0 Å². The Hall–Kier alpha value is -0.410. The number of rotatable bonds is 4. The van der Waals surface area contributed by atoms with E-state index in [1.165, 1.54) is 0 Å². The summed E-state index contributed by atoms with van der Waals surface area (Å²) in [6.07, 6.45) is 0. The van der Waals surface area contributed by atoms with Gasteiger partial charge < -0.3 is 10.6 Å². The molecule has 0 radical (unpaired) electrons. The molecule has 0 aromatic rings. The first-order chi connectivity index (χ1) is 5.07. The second-order valence-corrected chi connectivity index (χ2v) is 2.99. The molecule has 0 aromatic heterocycles. The molecule has 0 aliphatic heterocycles. The first-order valence-electron chi connectivity index (χ1n) is 4.01. The molecule has 1 unspecified atom stereocenters. The quantitative estimate of drug-likeness (QED) is 0.598. The average Bonchev–Trinajstić information content (AvgIpc) is 1.86. The highest BCUT2D eigenvalue weighted by molar-refractivity contribution is 5.90. The van der Waals surface area contributed by atoms with E-state index in [1.54, 1.807) is 0 Å². The molecule has 0 bridgehead atoms. The second kappa shape index (κ2) is 5.27. The molecule has 0 aliphatic carbocycles. The Morgan fingerprint density at radius 2 is 2.09 bits per heavy atom. The number of hydrogen-bond donors (Lipinski definition) is 1. The van der Waals surface area contributed by atoms with Crippen LogP contribution in [0.25, 0.3) is 0 Å². The molecule has 0 amide bonds. The maximum atomic E-state index is 5.71. The van der Waals surface area contributed by atoms with Crippen molar-refractivity contribution in [1.82, 2.24) is 4.90 Å². The maximum Gasteiger partial charge on any atom is 0.0427 e. The summed E-state index contributed by atoms with van der Waals surface area (Å²) in [6.45, 7) is 5.69. The molecule has 3 nitrogen and oxygen atoms in total. The van der Waals surface area contributed by atoms with Crippen LogP contribution < -0.4 is 5.73 Å². The zero-order valence-corrected chi connectivity index (χ0v) is 7.96. The van der Waals surface area contributed by atoms with Crippen LogP contribution in [0.15, 0.2) is 4.99 Å². The predicted molar refractivity (Wildman–Crippen MR) is 50.2 cm³/mol. The van der Waals surface area contributed by atoms with E-state index >= 15 is 0 Å². The Morgan fingerprint density at radius 1 is 1.55 bits per heavy atom. The van der Waals surface area contributed by atoms with E-state index in [4.69, 9.17) is 5.73 Å². The van der Waals surface area contributed by atoms with Crippen molar-refractivity contribution in [1.29, 1.82) is 0 Å². The highest BCUT2D eigenvalue weighted by atomic mass is 15.1. The summed E-state index contributed by atoms with van der Waals surface area (Å²) in [5, 5.41) is 0. The topological polar surface area (TPSA) is 41.6 Å². The molecule has 0 saturated heterocycles. The Morgan fingerprint density at radius 3 is 2.36 bits per heavy atom. The van der Waals surface area contributed by atoms with Crippen molar-refractivity contribution in [2.45, 2.75) is 19.9 Å². The van der Waals surface area contributed by atoms with Crippen LogP contribution in [0.1, 0.15) is 13.8 Å². The van der Waals surface area contributed by atoms with Gasteiger partial charge in [0.05, 0.1) is 0 Å². The van der Waals surface area contributed by atoms with E-state index in [1.807, 2.05) is 27.9 Å². The van der Waals surface area contributed by atoms with E-state index in [0.717, 1.165) is 18.8 Å². The number of hydrogen-bond acceptors (Lipinski definition) is 3. The van der Waals surface area contributed by atoms with Crippen LogP contribution in [0.5, 0.6) is 0 Å². The molecule has 0 heterocycles.